The Labute approximate surface area is 151 Å². The number of hydrogen-bond donors (Lipinski definition) is 2. The highest BCUT2D eigenvalue weighted by molar-refractivity contribution is 6.32. The summed E-state index contributed by atoms with van der Waals surface area (Å²) >= 11 is 6.14. The van der Waals surface area contributed by atoms with E-state index in [1.807, 2.05) is 30.3 Å². The number of carbonyl (C=O) groups excluding carboxylic acids is 2. The molecule has 2 N–H and O–H groups in total. The third kappa shape index (κ3) is 3.72. The molecule has 5 nitrogen and oxygen atoms in total. The number of rotatable bonds is 3. The van der Waals surface area contributed by atoms with Gasteiger partial charge in [0.05, 0.1) is 11.4 Å². The Balaban J connectivity index is 2.12. The van der Waals surface area contributed by atoms with E-state index < -0.39 is 6.17 Å². The number of fused-ring (bicyclic) bond motifs is 1. The van der Waals surface area contributed by atoms with Gasteiger partial charge in [-0.15, -0.1) is 0 Å². The molecule has 1 unspecified atom stereocenters. The molecular formula is C19H18ClN3O2. The van der Waals surface area contributed by atoms with Gasteiger partial charge in [-0.1, -0.05) is 55.8 Å². The van der Waals surface area contributed by atoms with Gasteiger partial charge in [0.15, 0.2) is 0 Å². The number of aliphatic imine (C=N–C) groups is 1. The Morgan fingerprint density at radius 1 is 1.20 bits per heavy atom. The van der Waals surface area contributed by atoms with Crippen molar-refractivity contribution in [3.63, 3.8) is 0 Å². The number of benzodiazepines with no additional fused rings is 1. The molecule has 1 heterocycles. The summed E-state index contributed by atoms with van der Waals surface area (Å²) in [6.07, 6.45) is -1.00. The Morgan fingerprint density at radius 2 is 1.92 bits per heavy atom. The van der Waals surface area contributed by atoms with Gasteiger partial charge in [0.25, 0.3) is 5.91 Å². The van der Waals surface area contributed by atoms with Crippen LogP contribution in [0.15, 0.2) is 53.5 Å². The summed E-state index contributed by atoms with van der Waals surface area (Å²) in [5.41, 5.74) is 2.77. The maximum absolute atomic E-state index is 12.5. The summed E-state index contributed by atoms with van der Waals surface area (Å²) in [5.74, 6) is -0.868. The topological polar surface area (TPSA) is 70.6 Å². The van der Waals surface area contributed by atoms with Crippen molar-refractivity contribution in [2.75, 3.05) is 5.32 Å². The van der Waals surface area contributed by atoms with Crippen LogP contribution in [-0.4, -0.2) is 23.7 Å². The first kappa shape index (κ1) is 17.2. The number of halogens is 1. The molecule has 3 rings (SSSR count). The maximum atomic E-state index is 12.5. The van der Waals surface area contributed by atoms with E-state index in [-0.39, 0.29) is 17.7 Å². The summed E-state index contributed by atoms with van der Waals surface area (Å²) in [6, 6.07) is 14.7. The van der Waals surface area contributed by atoms with Crippen molar-refractivity contribution in [2.45, 2.75) is 20.0 Å². The van der Waals surface area contributed by atoms with Gasteiger partial charge < -0.3 is 10.6 Å². The zero-order valence-electron chi connectivity index (χ0n) is 13.9. The lowest BCUT2D eigenvalue weighted by Gasteiger charge is -2.14. The quantitative estimate of drug-likeness (QED) is 0.887. The van der Waals surface area contributed by atoms with Gasteiger partial charge in [0, 0.05) is 22.1 Å². The minimum atomic E-state index is -1.00. The lowest BCUT2D eigenvalue weighted by molar-refractivity contribution is -0.128. The highest BCUT2D eigenvalue weighted by atomic mass is 35.5. The van der Waals surface area contributed by atoms with Crippen LogP contribution in [0.25, 0.3) is 0 Å². The van der Waals surface area contributed by atoms with E-state index in [0.717, 1.165) is 5.56 Å². The molecule has 128 valence electrons. The predicted molar refractivity (Wildman–Crippen MR) is 98.9 cm³/mol. The van der Waals surface area contributed by atoms with Gasteiger partial charge in [-0.3, -0.25) is 9.59 Å². The SMILES string of the molecule is CC(C)C(=O)NC1N=C(c2ccccc2)c2cc(Cl)ccc2NC1=O. The molecule has 0 aliphatic carbocycles. The van der Waals surface area contributed by atoms with Crippen molar-refractivity contribution in [1.82, 2.24) is 5.32 Å². The molecule has 2 amide bonds. The molecule has 0 saturated carbocycles. The summed E-state index contributed by atoms with van der Waals surface area (Å²) < 4.78 is 0. The average Bonchev–Trinajstić information content (AvgIpc) is 2.72. The number of nitrogens with one attached hydrogen (secondary N) is 2. The average molecular weight is 356 g/mol. The van der Waals surface area contributed by atoms with Crippen LogP contribution in [0.1, 0.15) is 25.0 Å². The molecule has 6 heteroatoms. The van der Waals surface area contributed by atoms with Gasteiger partial charge in [0.1, 0.15) is 0 Å². The first-order chi connectivity index (χ1) is 12.0. The number of carbonyl (C=O) groups is 2. The Hall–Kier alpha value is -2.66. The summed E-state index contributed by atoms with van der Waals surface area (Å²) in [6.45, 7) is 3.53. The first-order valence-electron chi connectivity index (χ1n) is 8.00. The fraction of sp³-hybridized carbons (Fsp3) is 0.211. The van der Waals surface area contributed by atoms with E-state index in [4.69, 9.17) is 11.6 Å². The van der Waals surface area contributed by atoms with Crippen LogP contribution in [0.3, 0.4) is 0 Å². The van der Waals surface area contributed by atoms with Crippen LogP contribution in [-0.2, 0) is 9.59 Å². The van der Waals surface area contributed by atoms with E-state index in [9.17, 15) is 9.59 Å². The number of nitrogens with zero attached hydrogens (tertiary/aromatic N) is 1. The zero-order chi connectivity index (χ0) is 18.0. The maximum Gasteiger partial charge on any atom is 0.269 e. The van der Waals surface area contributed by atoms with Crippen LogP contribution in [0.2, 0.25) is 5.02 Å². The van der Waals surface area contributed by atoms with Crippen molar-refractivity contribution in [3.8, 4) is 0 Å². The second kappa shape index (κ2) is 7.07. The predicted octanol–water partition coefficient (Wildman–Crippen LogP) is 3.23. The van der Waals surface area contributed by atoms with Crippen molar-refractivity contribution in [2.24, 2.45) is 10.9 Å². The molecule has 0 bridgehead atoms. The van der Waals surface area contributed by atoms with Gasteiger partial charge >= 0.3 is 0 Å². The van der Waals surface area contributed by atoms with Crippen LogP contribution in [0, 0.1) is 5.92 Å². The molecule has 0 fully saturated rings. The number of hydrogen-bond acceptors (Lipinski definition) is 3. The second-order valence-electron chi connectivity index (χ2n) is 6.09. The fourth-order valence-corrected chi connectivity index (χ4v) is 2.68. The zero-order valence-corrected chi connectivity index (χ0v) is 14.7. The van der Waals surface area contributed by atoms with Crippen molar-refractivity contribution < 1.29 is 9.59 Å². The summed E-state index contributed by atoms with van der Waals surface area (Å²) in [7, 11) is 0. The van der Waals surface area contributed by atoms with Crippen molar-refractivity contribution in [1.29, 1.82) is 0 Å². The Kier molecular flexibility index (Phi) is 4.86. The monoisotopic (exact) mass is 355 g/mol. The Bertz CT molecular complexity index is 847. The van der Waals surface area contributed by atoms with Gasteiger partial charge in [0.2, 0.25) is 12.1 Å². The van der Waals surface area contributed by atoms with Gasteiger partial charge in [-0.05, 0) is 18.2 Å². The van der Waals surface area contributed by atoms with Crippen LogP contribution in [0.4, 0.5) is 5.69 Å². The molecule has 1 aliphatic heterocycles. The van der Waals surface area contributed by atoms with E-state index in [1.165, 1.54) is 0 Å². The Morgan fingerprint density at radius 3 is 2.60 bits per heavy atom. The molecule has 0 spiro atoms. The molecular weight excluding hydrogens is 338 g/mol. The van der Waals surface area contributed by atoms with Crippen LogP contribution >= 0.6 is 11.6 Å². The molecule has 0 radical (unpaired) electrons. The highest BCUT2D eigenvalue weighted by Crippen LogP contribution is 2.27. The highest BCUT2D eigenvalue weighted by Gasteiger charge is 2.27. The van der Waals surface area contributed by atoms with E-state index in [2.05, 4.69) is 15.6 Å². The third-order valence-electron chi connectivity index (χ3n) is 3.85. The second-order valence-corrected chi connectivity index (χ2v) is 6.53. The standard InChI is InChI=1S/C19H18ClN3O2/c1-11(2)18(24)23-17-19(25)21-15-9-8-13(20)10-14(15)16(22-17)12-6-4-3-5-7-12/h3-11,17H,1-2H3,(H,21,25)(H,23,24). The molecule has 1 aliphatic rings. The molecule has 1 atom stereocenters. The minimum absolute atomic E-state index is 0.236. The molecule has 0 saturated heterocycles. The summed E-state index contributed by atoms with van der Waals surface area (Å²) in [5, 5.41) is 6.05. The van der Waals surface area contributed by atoms with Crippen molar-refractivity contribution >= 4 is 34.8 Å². The lowest BCUT2D eigenvalue weighted by Crippen LogP contribution is -2.43. The molecule has 0 aromatic heterocycles. The smallest absolute Gasteiger partial charge is 0.269 e. The van der Waals surface area contributed by atoms with Crippen molar-refractivity contribution in [3.05, 3.63) is 64.7 Å². The number of anilines is 1. The molecule has 2 aromatic rings. The van der Waals surface area contributed by atoms with E-state index >= 15 is 0 Å². The first-order valence-corrected chi connectivity index (χ1v) is 8.38. The van der Waals surface area contributed by atoms with E-state index in [0.29, 0.717) is 22.0 Å². The third-order valence-corrected chi connectivity index (χ3v) is 4.09. The minimum Gasteiger partial charge on any atom is -0.326 e. The van der Waals surface area contributed by atoms with Gasteiger partial charge in [-0.2, -0.15) is 0 Å². The summed E-state index contributed by atoms with van der Waals surface area (Å²) in [4.78, 5) is 29.1. The largest absolute Gasteiger partial charge is 0.326 e. The van der Waals surface area contributed by atoms with E-state index in [1.54, 1.807) is 32.0 Å². The fourth-order valence-electron chi connectivity index (χ4n) is 2.51. The van der Waals surface area contributed by atoms with Crippen LogP contribution in [0.5, 0.6) is 0 Å². The normalized spacial score (nSPS) is 16.6. The van der Waals surface area contributed by atoms with Crippen LogP contribution < -0.4 is 10.6 Å². The number of benzene rings is 2. The molecule has 25 heavy (non-hydrogen) atoms. The molecule has 2 aromatic carbocycles. The van der Waals surface area contributed by atoms with Gasteiger partial charge in [-0.25, -0.2) is 4.99 Å². The number of amides is 2. The lowest BCUT2D eigenvalue weighted by atomic mass is 10.0.